The lowest BCUT2D eigenvalue weighted by molar-refractivity contribution is -0.385. The van der Waals surface area contributed by atoms with E-state index in [-0.39, 0.29) is 24.6 Å². The van der Waals surface area contributed by atoms with Gasteiger partial charge in [-0.2, -0.15) is 26.3 Å². The highest BCUT2D eigenvalue weighted by Crippen LogP contribution is 2.42. The summed E-state index contributed by atoms with van der Waals surface area (Å²) in [6.07, 6.45) is -9.65. The van der Waals surface area contributed by atoms with Gasteiger partial charge in [-0.15, -0.1) is 13.2 Å². The van der Waals surface area contributed by atoms with Crippen LogP contribution in [0.3, 0.4) is 0 Å². The largest absolute Gasteiger partial charge is 0.426 e. The van der Waals surface area contributed by atoms with Crippen LogP contribution in [0.5, 0.6) is 0 Å². The van der Waals surface area contributed by atoms with Gasteiger partial charge in [-0.25, -0.2) is 15.8 Å². The number of imide groups is 1. The second-order valence-corrected chi connectivity index (χ2v) is 9.75. The lowest BCUT2D eigenvalue weighted by Crippen LogP contribution is -2.62. The van der Waals surface area contributed by atoms with E-state index in [0.29, 0.717) is 0 Å². The van der Waals surface area contributed by atoms with Gasteiger partial charge in [-0.05, 0) is 38.7 Å². The standard InChI is InChI=1S/C28H31F6N5O5/c1-5-7-14-26(28(32,33)34,44-17-19-12-10-9-11-13-19)25(41)38(35)24(40)22-21(39(42)43)16-20(27(29,30)31)23(36-22)37(18(3)4)15-8-6-2/h5-6,9-13,16,18H,1-2,7-8,14-15,17,35H2,3-4H3. The molecule has 0 fully saturated rings. The smallest absolute Gasteiger partial charge is 0.353 e. The Hall–Kier alpha value is -4.31. The monoisotopic (exact) mass is 631 g/mol. The van der Waals surface area contributed by atoms with Gasteiger partial charge in [-0.3, -0.25) is 19.7 Å². The van der Waals surface area contributed by atoms with Gasteiger partial charge in [0.05, 0.1) is 11.5 Å². The third kappa shape index (κ3) is 7.99. The molecule has 0 saturated carbocycles. The van der Waals surface area contributed by atoms with Crippen LogP contribution in [0.15, 0.2) is 61.7 Å². The molecule has 0 aliphatic carbocycles. The molecule has 1 unspecified atom stereocenters. The fraction of sp³-hybridized carbons (Fsp3) is 0.393. The lowest BCUT2D eigenvalue weighted by atomic mass is 9.94. The molecule has 1 heterocycles. The third-order valence-corrected chi connectivity index (χ3v) is 6.43. The van der Waals surface area contributed by atoms with E-state index < -0.39 is 88.0 Å². The third-order valence-electron chi connectivity index (χ3n) is 6.43. The second-order valence-electron chi connectivity index (χ2n) is 9.75. The van der Waals surface area contributed by atoms with Crippen LogP contribution in [0.25, 0.3) is 0 Å². The highest BCUT2D eigenvalue weighted by Gasteiger charge is 2.63. The number of rotatable bonds is 14. The molecular formula is C28H31F6N5O5. The summed E-state index contributed by atoms with van der Waals surface area (Å²) in [6.45, 7) is 8.91. The second kappa shape index (κ2) is 14.4. The average Bonchev–Trinajstić information content (AvgIpc) is 2.95. The molecule has 240 valence electrons. The Bertz CT molecular complexity index is 1370. The van der Waals surface area contributed by atoms with Crippen molar-refractivity contribution >= 4 is 23.3 Å². The predicted octanol–water partition coefficient (Wildman–Crippen LogP) is 6.13. The predicted molar refractivity (Wildman–Crippen MR) is 148 cm³/mol. The zero-order valence-electron chi connectivity index (χ0n) is 23.8. The molecule has 1 aromatic heterocycles. The van der Waals surface area contributed by atoms with Crippen LogP contribution in [0.4, 0.5) is 37.8 Å². The summed E-state index contributed by atoms with van der Waals surface area (Å²) < 4.78 is 91.1. The molecule has 0 spiro atoms. The van der Waals surface area contributed by atoms with Crippen molar-refractivity contribution in [2.24, 2.45) is 5.84 Å². The van der Waals surface area contributed by atoms with Crippen molar-refractivity contribution in [3.63, 3.8) is 0 Å². The maximum atomic E-state index is 14.6. The molecule has 2 N–H and O–H groups in total. The van der Waals surface area contributed by atoms with Gasteiger partial charge >= 0.3 is 23.9 Å². The number of nitro groups is 1. The first-order valence-electron chi connectivity index (χ1n) is 13.1. The fourth-order valence-corrected chi connectivity index (χ4v) is 4.13. The van der Waals surface area contributed by atoms with Gasteiger partial charge in [-0.1, -0.05) is 42.5 Å². The number of allylic oxidation sites excluding steroid dienone is 1. The van der Waals surface area contributed by atoms with E-state index in [1.807, 2.05) is 0 Å². The number of aromatic nitrogens is 1. The van der Waals surface area contributed by atoms with Crippen LogP contribution in [-0.4, -0.2) is 51.1 Å². The molecule has 0 radical (unpaired) electrons. The summed E-state index contributed by atoms with van der Waals surface area (Å²) in [7, 11) is 0. The number of alkyl halides is 6. The first-order chi connectivity index (χ1) is 20.4. The molecule has 0 aliphatic heterocycles. The number of nitrogens with two attached hydrogens (primary N) is 1. The number of hydrogen-bond acceptors (Lipinski definition) is 8. The Morgan fingerprint density at radius 3 is 2.16 bits per heavy atom. The minimum atomic E-state index is -5.48. The zero-order valence-corrected chi connectivity index (χ0v) is 23.8. The van der Waals surface area contributed by atoms with Crippen molar-refractivity contribution in [1.29, 1.82) is 0 Å². The molecule has 0 bridgehead atoms. The van der Waals surface area contributed by atoms with E-state index in [4.69, 9.17) is 10.6 Å². The number of nitrogens with zero attached hydrogens (tertiary/aromatic N) is 4. The van der Waals surface area contributed by atoms with Crippen molar-refractivity contribution in [1.82, 2.24) is 9.99 Å². The van der Waals surface area contributed by atoms with E-state index in [0.717, 1.165) is 11.0 Å². The normalized spacial score (nSPS) is 13.2. The number of anilines is 1. The maximum Gasteiger partial charge on any atom is 0.426 e. The Morgan fingerprint density at radius 2 is 1.68 bits per heavy atom. The molecule has 44 heavy (non-hydrogen) atoms. The number of hydrogen-bond donors (Lipinski definition) is 1. The zero-order chi connectivity index (χ0) is 33.5. The van der Waals surface area contributed by atoms with Gasteiger partial charge in [0, 0.05) is 18.7 Å². The highest BCUT2D eigenvalue weighted by molar-refractivity contribution is 6.08. The van der Waals surface area contributed by atoms with E-state index in [1.165, 1.54) is 44.2 Å². The van der Waals surface area contributed by atoms with Gasteiger partial charge in [0.2, 0.25) is 11.3 Å². The van der Waals surface area contributed by atoms with Crippen LogP contribution in [0, 0.1) is 10.1 Å². The topological polar surface area (TPSA) is 132 Å². The minimum absolute atomic E-state index is 0.0256. The number of ether oxygens (including phenoxy) is 1. The number of hydrazine groups is 1. The number of benzene rings is 1. The van der Waals surface area contributed by atoms with Crippen LogP contribution >= 0.6 is 0 Å². The van der Waals surface area contributed by atoms with Crippen LogP contribution < -0.4 is 10.7 Å². The highest BCUT2D eigenvalue weighted by atomic mass is 19.4. The molecule has 2 rings (SSSR count). The van der Waals surface area contributed by atoms with Gasteiger partial charge < -0.3 is 9.64 Å². The summed E-state index contributed by atoms with van der Waals surface area (Å²) in [5.41, 5.74) is -8.04. The van der Waals surface area contributed by atoms with Crippen molar-refractivity contribution in [3.8, 4) is 0 Å². The molecule has 1 aromatic carbocycles. The van der Waals surface area contributed by atoms with Gasteiger partial charge in [0.25, 0.3) is 5.91 Å². The Kier molecular flexibility index (Phi) is 11.8. The molecule has 1 atom stereocenters. The molecule has 0 aliphatic rings. The Morgan fingerprint density at radius 1 is 1.09 bits per heavy atom. The number of carbonyl (C=O) groups is 2. The summed E-state index contributed by atoms with van der Waals surface area (Å²) in [4.78, 5) is 41.9. The van der Waals surface area contributed by atoms with Crippen LogP contribution in [0.1, 0.15) is 54.7 Å². The fourth-order valence-electron chi connectivity index (χ4n) is 4.13. The number of pyridine rings is 1. The number of halogens is 6. The van der Waals surface area contributed by atoms with Gasteiger partial charge in [0.15, 0.2) is 0 Å². The summed E-state index contributed by atoms with van der Waals surface area (Å²) in [5.74, 6) is 0.532. The first-order valence-corrected chi connectivity index (χ1v) is 13.1. The number of amides is 2. The van der Waals surface area contributed by atoms with Crippen molar-refractivity contribution < 1.29 is 45.6 Å². The minimum Gasteiger partial charge on any atom is -0.353 e. The SMILES string of the molecule is C=CCCN(c1nc(C(=O)N(N)C(=O)C(CCC=C)(OCc2ccccc2)C(F)(F)F)c([N+](=O)[O-])cc1C(F)(F)F)C(C)C. The Labute approximate surface area is 248 Å². The van der Waals surface area contributed by atoms with Gasteiger partial charge in [0.1, 0.15) is 11.4 Å². The maximum absolute atomic E-state index is 14.6. The summed E-state index contributed by atoms with van der Waals surface area (Å²) in [6, 6.07) is 6.73. The van der Waals surface area contributed by atoms with Crippen LogP contribution in [-0.2, 0) is 22.3 Å². The van der Waals surface area contributed by atoms with E-state index in [2.05, 4.69) is 18.1 Å². The van der Waals surface area contributed by atoms with Crippen molar-refractivity contribution in [2.75, 3.05) is 11.4 Å². The molecule has 0 saturated heterocycles. The molecule has 10 nitrogen and oxygen atoms in total. The summed E-state index contributed by atoms with van der Waals surface area (Å²) >= 11 is 0. The molecular weight excluding hydrogens is 600 g/mol. The van der Waals surface area contributed by atoms with E-state index in [9.17, 15) is 46.0 Å². The first kappa shape index (κ1) is 35.9. The summed E-state index contributed by atoms with van der Waals surface area (Å²) in [5, 5.41) is 11.2. The lowest BCUT2D eigenvalue weighted by Gasteiger charge is -2.36. The Balaban J connectivity index is 2.75. The molecule has 2 amide bonds. The quantitative estimate of drug-likeness (QED) is 0.0658. The van der Waals surface area contributed by atoms with E-state index in [1.54, 1.807) is 6.07 Å². The average molecular weight is 632 g/mol. The number of carbonyl (C=O) groups excluding carboxylic acids is 2. The van der Waals surface area contributed by atoms with Crippen molar-refractivity contribution in [3.05, 3.63) is 88.6 Å². The van der Waals surface area contributed by atoms with Crippen LogP contribution in [0.2, 0.25) is 0 Å². The van der Waals surface area contributed by atoms with E-state index >= 15 is 0 Å². The van der Waals surface area contributed by atoms with Crippen molar-refractivity contribution in [2.45, 2.75) is 63.7 Å². The molecule has 16 heteroatoms. The molecule has 2 aromatic rings.